The average Bonchev–Trinajstić information content (AvgIpc) is 2.31. The molecule has 2 aromatic rings. The van der Waals surface area contributed by atoms with Crippen LogP contribution in [-0.2, 0) is 0 Å². The minimum Gasteiger partial charge on any atom is -0.467 e. The Morgan fingerprint density at radius 3 is 2.53 bits per heavy atom. The lowest BCUT2D eigenvalue weighted by Gasteiger charge is -2.02. The van der Waals surface area contributed by atoms with Gasteiger partial charge in [-0.1, -0.05) is 0 Å². The molecule has 1 heterocycles. The van der Waals surface area contributed by atoms with Crippen molar-refractivity contribution >= 4 is 23.4 Å². The third-order valence-electron chi connectivity index (χ3n) is 1.77. The van der Waals surface area contributed by atoms with Crippen LogP contribution in [0, 0.1) is 5.82 Å². The molecular formula is C10H7ClFN3OS. The van der Waals surface area contributed by atoms with Crippen molar-refractivity contribution in [3.63, 3.8) is 0 Å². The van der Waals surface area contributed by atoms with E-state index < -0.39 is 0 Å². The lowest BCUT2D eigenvalue weighted by atomic mass is 10.4. The largest absolute Gasteiger partial charge is 0.467 e. The summed E-state index contributed by atoms with van der Waals surface area (Å²) in [7, 11) is 1.44. The highest BCUT2D eigenvalue weighted by atomic mass is 35.5. The number of nitrogens with zero attached hydrogens (tertiary/aromatic N) is 3. The molecule has 7 heteroatoms. The van der Waals surface area contributed by atoms with Crippen molar-refractivity contribution in [3.05, 3.63) is 35.4 Å². The van der Waals surface area contributed by atoms with E-state index in [1.165, 1.54) is 31.0 Å². The van der Waals surface area contributed by atoms with Crippen LogP contribution in [0.25, 0.3) is 0 Å². The van der Waals surface area contributed by atoms with Crippen molar-refractivity contribution in [1.29, 1.82) is 0 Å². The lowest BCUT2D eigenvalue weighted by molar-refractivity contribution is 0.373. The van der Waals surface area contributed by atoms with Gasteiger partial charge in [-0.15, -0.1) is 0 Å². The number of rotatable bonds is 3. The van der Waals surface area contributed by atoms with Crippen LogP contribution < -0.4 is 4.74 Å². The van der Waals surface area contributed by atoms with Crippen molar-refractivity contribution in [2.75, 3.05) is 7.11 Å². The number of methoxy groups -OCH3 is 1. The van der Waals surface area contributed by atoms with Gasteiger partial charge in [0.15, 0.2) is 5.16 Å². The zero-order valence-corrected chi connectivity index (χ0v) is 10.3. The number of aromatic nitrogens is 3. The maximum Gasteiger partial charge on any atom is 0.321 e. The smallest absolute Gasteiger partial charge is 0.321 e. The van der Waals surface area contributed by atoms with Gasteiger partial charge in [-0.25, -0.2) is 4.39 Å². The first-order chi connectivity index (χ1) is 8.17. The maximum atomic E-state index is 12.7. The molecular weight excluding hydrogens is 265 g/mol. The van der Waals surface area contributed by atoms with E-state index in [2.05, 4.69) is 15.0 Å². The third-order valence-corrected chi connectivity index (χ3v) is 2.81. The fraction of sp³-hybridized carbons (Fsp3) is 0.100. The molecule has 0 N–H and O–H groups in total. The van der Waals surface area contributed by atoms with Gasteiger partial charge < -0.3 is 4.74 Å². The summed E-state index contributed by atoms with van der Waals surface area (Å²) in [5.41, 5.74) is 0. The fourth-order valence-electron chi connectivity index (χ4n) is 1.06. The van der Waals surface area contributed by atoms with E-state index in [0.29, 0.717) is 5.16 Å². The van der Waals surface area contributed by atoms with Crippen LogP contribution in [0.5, 0.6) is 6.01 Å². The molecule has 0 aliphatic carbocycles. The number of ether oxygens (including phenoxy) is 1. The topological polar surface area (TPSA) is 47.9 Å². The van der Waals surface area contributed by atoms with Gasteiger partial charge >= 0.3 is 6.01 Å². The predicted molar refractivity (Wildman–Crippen MR) is 61.9 cm³/mol. The SMILES string of the molecule is COc1nc(Cl)nc(Sc2ccc(F)cc2)n1. The zero-order valence-electron chi connectivity index (χ0n) is 8.72. The van der Waals surface area contributed by atoms with Gasteiger partial charge in [0, 0.05) is 4.90 Å². The van der Waals surface area contributed by atoms with Gasteiger partial charge in [0.25, 0.3) is 0 Å². The van der Waals surface area contributed by atoms with Crippen LogP contribution in [0.1, 0.15) is 0 Å². The van der Waals surface area contributed by atoms with E-state index >= 15 is 0 Å². The molecule has 0 unspecified atom stereocenters. The second-order valence-electron chi connectivity index (χ2n) is 2.93. The van der Waals surface area contributed by atoms with Crippen molar-refractivity contribution in [2.45, 2.75) is 10.1 Å². The van der Waals surface area contributed by atoms with Crippen molar-refractivity contribution in [1.82, 2.24) is 15.0 Å². The maximum absolute atomic E-state index is 12.7. The molecule has 4 nitrogen and oxygen atoms in total. The van der Waals surface area contributed by atoms with Gasteiger partial charge in [0.1, 0.15) is 5.82 Å². The van der Waals surface area contributed by atoms with E-state index in [4.69, 9.17) is 16.3 Å². The highest BCUT2D eigenvalue weighted by Crippen LogP contribution is 2.26. The molecule has 1 aromatic carbocycles. The van der Waals surface area contributed by atoms with Crippen LogP contribution in [-0.4, -0.2) is 22.1 Å². The summed E-state index contributed by atoms with van der Waals surface area (Å²) < 4.78 is 17.6. The summed E-state index contributed by atoms with van der Waals surface area (Å²) in [6.45, 7) is 0. The van der Waals surface area contributed by atoms with E-state index in [1.807, 2.05) is 0 Å². The zero-order chi connectivity index (χ0) is 12.3. The highest BCUT2D eigenvalue weighted by Gasteiger charge is 2.06. The second-order valence-corrected chi connectivity index (χ2v) is 4.31. The number of hydrogen-bond donors (Lipinski definition) is 0. The van der Waals surface area contributed by atoms with Crippen molar-refractivity contribution in [2.24, 2.45) is 0 Å². The minimum absolute atomic E-state index is 0.0569. The summed E-state index contributed by atoms with van der Waals surface area (Å²) in [5, 5.41) is 0.454. The molecule has 0 radical (unpaired) electrons. The molecule has 0 saturated heterocycles. The quantitative estimate of drug-likeness (QED) is 0.859. The summed E-state index contributed by atoms with van der Waals surface area (Å²) in [4.78, 5) is 12.5. The first kappa shape index (κ1) is 12.1. The van der Waals surface area contributed by atoms with E-state index in [-0.39, 0.29) is 17.1 Å². The Bertz CT molecular complexity index is 523. The van der Waals surface area contributed by atoms with Crippen LogP contribution in [0.2, 0.25) is 5.28 Å². The molecule has 17 heavy (non-hydrogen) atoms. The lowest BCUT2D eigenvalue weighted by Crippen LogP contribution is -1.96. The Labute approximate surface area is 106 Å². The number of halogens is 2. The van der Waals surface area contributed by atoms with E-state index in [0.717, 1.165) is 4.90 Å². The van der Waals surface area contributed by atoms with Crippen molar-refractivity contribution < 1.29 is 9.13 Å². The molecule has 0 atom stereocenters. The van der Waals surface area contributed by atoms with Crippen LogP contribution in [0.4, 0.5) is 4.39 Å². The van der Waals surface area contributed by atoms with Gasteiger partial charge in [0.05, 0.1) is 7.11 Å². The fourth-order valence-corrected chi connectivity index (χ4v) is 2.00. The Balaban J connectivity index is 2.23. The summed E-state index contributed by atoms with van der Waals surface area (Å²) in [5.74, 6) is -0.291. The molecule has 0 amide bonds. The van der Waals surface area contributed by atoms with E-state index in [9.17, 15) is 4.39 Å². The van der Waals surface area contributed by atoms with Crippen molar-refractivity contribution in [3.8, 4) is 6.01 Å². The van der Waals surface area contributed by atoms with Gasteiger partial charge in [-0.3, -0.25) is 0 Å². The Hall–Kier alpha value is -1.40. The van der Waals surface area contributed by atoms with Gasteiger partial charge in [-0.05, 0) is 47.6 Å². The Kier molecular flexibility index (Phi) is 3.75. The standard InChI is InChI=1S/C10H7ClFN3OS/c1-16-9-13-8(11)14-10(15-9)17-7-4-2-6(12)3-5-7/h2-5H,1H3. The number of hydrogen-bond acceptors (Lipinski definition) is 5. The second kappa shape index (κ2) is 5.29. The van der Waals surface area contributed by atoms with Crippen LogP contribution >= 0.6 is 23.4 Å². The first-order valence-electron chi connectivity index (χ1n) is 4.56. The molecule has 1 aromatic heterocycles. The molecule has 0 aliphatic rings. The third kappa shape index (κ3) is 3.28. The van der Waals surface area contributed by atoms with Gasteiger partial charge in [0.2, 0.25) is 5.28 Å². The molecule has 0 spiro atoms. The molecule has 0 bridgehead atoms. The monoisotopic (exact) mass is 271 g/mol. The molecule has 2 rings (SSSR count). The average molecular weight is 272 g/mol. The minimum atomic E-state index is -0.291. The van der Waals surface area contributed by atoms with E-state index in [1.54, 1.807) is 12.1 Å². The first-order valence-corrected chi connectivity index (χ1v) is 5.76. The summed E-state index contributed by atoms with van der Waals surface area (Å²) in [6.07, 6.45) is 0. The number of benzene rings is 1. The molecule has 88 valence electrons. The molecule has 0 aliphatic heterocycles. The molecule has 0 fully saturated rings. The summed E-state index contributed by atoms with van der Waals surface area (Å²) >= 11 is 6.95. The Morgan fingerprint density at radius 1 is 1.18 bits per heavy atom. The normalized spacial score (nSPS) is 10.3. The van der Waals surface area contributed by atoms with Crippen LogP contribution in [0.3, 0.4) is 0 Å². The highest BCUT2D eigenvalue weighted by molar-refractivity contribution is 7.99. The Morgan fingerprint density at radius 2 is 1.88 bits per heavy atom. The van der Waals surface area contributed by atoms with Crippen LogP contribution in [0.15, 0.2) is 34.3 Å². The predicted octanol–water partition coefficient (Wildman–Crippen LogP) is 2.82. The van der Waals surface area contributed by atoms with Gasteiger partial charge in [-0.2, -0.15) is 15.0 Å². The molecule has 0 saturated carbocycles. The summed E-state index contributed by atoms with van der Waals surface area (Å²) in [6, 6.07) is 6.13.